The van der Waals surface area contributed by atoms with Gasteiger partial charge in [-0.15, -0.1) is 0 Å². The van der Waals surface area contributed by atoms with Crippen molar-refractivity contribution in [1.82, 2.24) is 4.90 Å². The molecule has 2 aromatic carbocycles. The molecule has 0 radical (unpaired) electrons. The smallest absolute Gasteiger partial charge is 0.354 e. The van der Waals surface area contributed by atoms with E-state index in [0.29, 0.717) is 22.6 Å². The molecule has 0 spiro atoms. The van der Waals surface area contributed by atoms with Crippen molar-refractivity contribution >= 4 is 39.4 Å². The molecule has 1 fully saturated rings. The van der Waals surface area contributed by atoms with E-state index in [9.17, 15) is 14.4 Å². The standard InChI is InChI=1S/C21H19BrN2O5/c1-23-19(26)15-5-3-4-6-16(15)24-18(25)9-10-21(23,24)20(27)29-12-13-11-14(22)7-8-17(13)28-2/h3-8,11H,9-10,12H2,1-2H3. The van der Waals surface area contributed by atoms with E-state index < -0.39 is 11.6 Å². The van der Waals surface area contributed by atoms with E-state index in [2.05, 4.69) is 15.9 Å². The predicted molar refractivity (Wildman–Crippen MR) is 108 cm³/mol. The molecule has 1 atom stereocenters. The van der Waals surface area contributed by atoms with Gasteiger partial charge in [0.25, 0.3) is 5.91 Å². The number of esters is 1. The van der Waals surface area contributed by atoms with E-state index in [-0.39, 0.29) is 31.3 Å². The summed E-state index contributed by atoms with van der Waals surface area (Å²) in [5.41, 5.74) is 0.0204. The summed E-state index contributed by atoms with van der Waals surface area (Å²) in [6, 6.07) is 12.2. The third-order valence-corrected chi connectivity index (χ3v) is 5.96. The van der Waals surface area contributed by atoms with Gasteiger partial charge in [0.2, 0.25) is 11.6 Å². The molecule has 1 unspecified atom stereocenters. The summed E-state index contributed by atoms with van der Waals surface area (Å²) in [6.07, 6.45) is 0.331. The van der Waals surface area contributed by atoms with Gasteiger partial charge in [0.15, 0.2) is 0 Å². The Morgan fingerprint density at radius 3 is 2.72 bits per heavy atom. The average Bonchev–Trinajstić information content (AvgIpc) is 3.09. The van der Waals surface area contributed by atoms with E-state index in [1.807, 2.05) is 6.07 Å². The van der Waals surface area contributed by atoms with Gasteiger partial charge in [-0.3, -0.25) is 14.5 Å². The SMILES string of the molecule is COc1ccc(Br)cc1COC(=O)C12CCC(=O)N1c1ccccc1C(=O)N2C. The largest absolute Gasteiger partial charge is 0.496 e. The maximum Gasteiger partial charge on any atom is 0.354 e. The van der Waals surface area contributed by atoms with Crippen LogP contribution in [-0.4, -0.2) is 42.5 Å². The van der Waals surface area contributed by atoms with Crippen molar-refractivity contribution in [2.75, 3.05) is 19.1 Å². The Morgan fingerprint density at radius 1 is 1.21 bits per heavy atom. The Morgan fingerprint density at radius 2 is 1.97 bits per heavy atom. The van der Waals surface area contributed by atoms with Crippen molar-refractivity contribution in [3.63, 3.8) is 0 Å². The van der Waals surface area contributed by atoms with Crippen LogP contribution in [0.15, 0.2) is 46.9 Å². The number of rotatable bonds is 4. The monoisotopic (exact) mass is 458 g/mol. The molecule has 29 heavy (non-hydrogen) atoms. The number of hydrogen-bond acceptors (Lipinski definition) is 5. The maximum atomic E-state index is 13.3. The topological polar surface area (TPSA) is 76.1 Å². The highest BCUT2D eigenvalue weighted by atomic mass is 79.9. The highest BCUT2D eigenvalue weighted by Gasteiger charge is 2.60. The number of benzene rings is 2. The number of carbonyl (C=O) groups excluding carboxylic acids is 3. The number of anilines is 1. The molecule has 0 N–H and O–H groups in total. The summed E-state index contributed by atoms with van der Waals surface area (Å²) < 4.78 is 11.8. The summed E-state index contributed by atoms with van der Waals surface area (Å²) in [6.45, 7) is -0.0467. The zero-order valence-electron chi connectivity index (χ0n) is 16.0. The average molecular weight is 459 g/mol. The maximum absolute atomic E-state index is 13.3. The number of methoxy groups -OCH3 is 1. The number of ether oxygens (including phenoxy) is 2. The van der Waals surface area contributed by atoms with Crippen molar-refractivity contribution in [3.8, 4) is 5.75 Å². The van der Waals surface area contributed by atoms with Crippen molar-refractivity contribution in [2.45, 2.75) is 25.1 Å². The lowest BCUT2D eigenvalue weighted by atomic mass is 9.97. The third kappa shape index (κ3) is 2.90. The first-order valence-electron chi connectivity index (χ1n) is 9.10. The third-order valence-electron chi connectivity index (χ3n) is 5.47. The lowest BCUT2D eigenvalue weighted by Crippen LogP contribution is -2.67. The Kier molecular flexibility index (Phi) is 4.82. The van der Waals surface area contributed by atoms with Crippen LogP contribution < -0.4 is 9.64 Å². The molecule has 2 aliphatic rings. The molecule has 2 amide bonds. The quantitative estimate of drug-likeness (QED) is 0.657. The second-order valence-corrected chi connectivity index (χ2v) is 7.88. The van der Waals surface area contributed by atoms with Crippen molar-refractivity contribution in [3.05, 3.63) is 58.1 Å². The molecule has 2 aliphatic heterocycles. The van der Waals surface area contributed by atoms with Gasteiger partial charge in [0.1, 0.15) is 12.4 Å². The molecule has 0 saturated carbocycles. The van der Waals surface area contributed by atoms with E-state index in [1.54, 1.807) is 36.4 Å². The number of likely N-dealkylation sites (N-methyl/N-ethyl adjacent to an activating group) is 1. The van der Waals surface area contributed by atoms with Gasteiger partial charge in [0.05, 0.1) is 18.4 Å². The number of para-hydroxylation sites is 1. The molecule has 2 aromatic rings. The molecule has 0 aliphatic carbocycles. The number of nitrogens with zero attached hydrogens (tertiary/aromatic N) is 2. The minimum atomic E-state index is -1.48. The van der Waals surface area contributed by atoms with Crippen LogP contribution in [0.25, 0.3) is 0 Å². The van der Waals surface area contributed by atoms with Crippen LogP contribution in [0.3, 0.4) is 0 Å². The van der Waals surface area contributed by atoms with E-state index in [1.165, 1.54) is 24.0 Å². The van der Waals surface area contributed by atoms with Gasteiger partial charge in [-0.1, -0.05) is 28.1 Å². The molecular formula is C21H19BrN2O5. The molecule has 1 saturated heterocycles. The molecule has 2 heterocycles. The Hall–Kier alpha value is -2.87. The highest BCUT2D eigenvalue weighted by Crippen LogP contribution is 2.44. The van der Waals surface area contributed by atoms with Crippen LogP contribution in [0, 0.1) is 0 Å². The zero-order chi connectivity index (χ0) is 20.8. The van der Waals surface area contributed by atoms with Crippen molar-refractivity contribution < 1.29 is 23.9 Å². The lowest BCUT2D eigenvalue weighted by molar-refractivity contribution is -0.157. The van der Waals surface area contributed by atoms with Crippen molar-refractivity contribution in [2.24, 2.45) is 0 Å². The number of halogens is 1. The first kappa shape index (κ1) is 19.4. The summed E-state index contributed by atoms with van der Waals surface area (Å²) in [5, 5.41) is 0. The fourth-order valence-corrected chi connectivity index (χ4v) is 4.42. The first-order valence-corrected chi connectivity index (χ1v) is 9.89. The summed E-state index contributed by atoms with van der Waals surface area (Å²) in [7, 11) is 3.07. The van der Waals surface area contributed by atoms with Gasteiger partial charge in [-0.05, 0) is 30.3 Å². The highest BCUT2D eigenvalue weighted by molar-refractivity contribution is 9.10. The van der Waals surface area contributed by atoms with Crippen molar-refractivity contribution in [1.29, 1.82) is 0 Å². The number of fused-ring (bicyclic) bond motifs is 3. The molecular weight excluding hydrogens is 440 g/mol. The number of carbonyl (C=O) groups is 3. The van der Waals surface area contributed by atoms with Gasteiger partial charge in [-0.2, -0.15) is 0 Å². The van der Waals surface area contributed by atoms with Crippen LogP contribution in [0.5, 0.6) is 5.75 Å². The van der Waals surface area contributed by atoms with Gasteiger partial charge < -0.3 is 14.4 Å². The van der Waals surface area contributed by atoms with Crippen LogP contribution in [-0.2, 0) is 20.9 Å². The molecule has 0 bridgehead atoms. The Balaban J connectivity index is 1.69. The molecule has 7 nitrogen and oxygen atoms in total. The minimum absolute atomic E-state index is 0.0467. The van der Waals surface area contributed by atoms with E-state index in [0.717, 1.165) is 4.47 Å². The normalized spacial score (nSPS) is 20.4. The van der Waals surface area contributed by atoms with E-state index in [4.69, 9.17) is 9.47 Å². The molecule has 8 heteroatoms. The molecule has 150 valence electrons. The second-order valence-electron chi connectivity index (χ2n) is 6.96. The number of amides is 2. The lowest BCUT2D eigenvalue weighted by Gasteiger charge is -2.46. The van der Waals surface area contributed by atoms with Gasteiger partial charge in [-0.25, -0.2) is 4.79 Å². The first-order chi connectivity index (χ1) is 13.9. The van der Waals surface area contributed by atoms with Crippen LogP contribution in [0.2, 0.25) is 0 Å². The summed E-state index contributed by atoms with van der Waals surface area (Å²) >= 11 is 3.39. The Bertz CT molecular complexity index is 1020. The number of hydrogen-bond donors (Lipinski definition) is 0. The fourth-order valence-electron chi connectivity index (χ4n) is 4.01. The predicted octanol–water partition coefficient (Wildman–Crippen LogP) is 3.11. The minimum Gasteiger partial charge on any atom is -0.496 e. The van der Waals surface area contributed by atoms with Gasteiger partial charge in [0, 0.05) is 29.9 Å². The molecule has 4 rings (SSSR count). The van der Waals surface area contributed by atoms with Crippen LogP contribution >= 0.6 is 15.9 Å². The van der Waals surface area contributed by atoms with E-state index >= 15 is 0 Å². The van der Waals surface area contributed by atoms with Gasteiger partial charge >= 0.3 is 5.97 Å². The second kappa shape index (κ2) is 7.18. The zero-order valence-corrected chi connectivity index (χ0v) is 17.6. The van der Waals surface area contributed by atoms with Crippen LogP contribution in [0.1, 0.15) is 28.8 Å². The Labute approximate surface area is 176 Å². The fraction of sp³-hybridized carbons (Fsp3) is 0.286. The summed E-state index contributed by atoms with van der Waals surface area (Å²) in [4.78, 5) is 41.7. The van der Waals surface area contributed by atoms with Crippen LogP contribution in [0.4, 0.5) is 5.69 Å². The molecule has 0 aromatic heterocycles. The summed E-state index contributed by atoms with van der Waals surface area (Å²) in [5.74, 6) is -0.593.